The molecule has 0 heterocycles. The normalized spacial score (nSPS) is 11.4. The Bertz CT molecular complexity index is 541. The second-order valence-corrected chi connectivity index (χ2v) is 4.21. The van der Waals surface area contributed by atoms with Crippen LogP contribution in [0.2, 0.25) is 0 Å². The van der Waals surface area contributed by atoms with Crippen molar-refractivity contribution in [2.24, 2.45) is 0 Å². The Morgan fingerprint density at radius 2 is 2.00 bits per heavy atom. The molecule has 1 amide bonds. The van der Waals surface area contributed by atoms with Gasteiger partial charge in [-0.3, -0.25) is 10.2 Å². The average Bonchev–Trinajstić information content (AvgIpc) is 2.43. The Morgan fingerprint density at radius 3 is 2.50 bits per heavy atom. The van der Waals surface area contributed by atoms with Crippen LogP contribution in [0.1, 0.15) is 5.56 Å². The Balaban J connectivity index is 3.11. The van der Waals surface area contributed by atoms with Crippen LogP contribution in [0, 0.1) is 12.3 Å². The van der Waals surface area contributed by atoms with Crippen molar-refractivity contribution in [3.8, 4) is 0 Å². The zero-order chi connectivity index (χ0) is 15.3. The number of nitrogens with zero attached hydrogens (tertiary/aromatic N) is 1. The van der Waals surface area contributed by atoms with E-state index in [1.54, 1.807) is 12.1 Å². The van der Waals surface area contributed by atoms with Crippen molar-refractivity contribution >= 4 is 17.3 Å². The third-order valence-electron chi connectivity index (χ3n) is 2.81. The number of carbonyl (C=O) groups is 1. The Kier molecular flexibility index (Phi) is 5.37. The molecule has 1 aromatic rings. The molecule has 0 aliphatic rings. The molecule has 1 rings (SSSR count). The molecule has 0 saturated carbocycles. The van der Waals surface area contributed by atoms with Crippen molar-refractivity contribution in [1.29, 1.82) is 5.41 Å². The van der Waals surface area contributed by atoms with Crippen molar-refractivity contribution in [2.45, 2.75) is 13.3 Å². The number of amides is 1. The second-order valence-electron chi connectivity index (χ2n) is 4.21. The van der Waals surface area contributed by atoms with E-state index in [-0.39, 0.29) is 5.57 Å². The average molecular weight is 281 g/mol. The maximum atomic E-state index is 12.6. The van der Waals surface area contributed by atoms with E-state index in [0.717, 1.165) is 11.8 Å². The highest BCUT2D eigenvalue weighted by atomic mass is 19.3. The smallest absolute Gasteiger partial charge is 0.280 e. The summed E-state index contributed by atoms with van der Waals surface area (Å²) in [6.07, 6.45) is -1.88. The van der Waals surface area contributed by atoms with Crippen LogP contribution in [0.15, 0.2) is 36.0 Å². The highest BCUT2D eigenvalue weighted by Crippen LogP contribution is 2.20. The van der Waals surface area contributed by atoms with Gasteiger partial charge in [0.25, 0.3) is 12.3 Å². The summed E-state index contributed by atoms with van der Waals surface area (Å²) in [5.74, 6) is -0.654. The summed E-state index contributed by atoms with van der Waals surface area (Å²) >= 11 is 0. The predicted octanol–water partition coefficient (Wildman–Crippen LogP) is 2.35. The van der Waals surface area contributed by atoms with E-state index in [2.05, 4.69) is 5.32 Å². The van der Waals surface area contributed by atoms with Gasteiger partial charge in [-0.05, 0) is 18.6 Å². The van der Waals surface area contributed by atoms with Crippen LogP contribution in [0.4, 0.5) is 14.5 Å². The SMILES string of the molecule is CN/C=C(\C(=N)C(F)F)C(=O)N(C)c1ccccc1C. The lowest BCUT2D eigenvalue weighted by molar-refractivity contribution is -0.114. The molecule has 0 radical (unpaired) electrons. The lowest BCUT2D eigenvalue weighted by Gasteiger charge is -2.21. The number of likely N-dealkylation sites (N-methyl/N-ethyl adjacent to an activating group) is 1. The van der Waals surface area contributed by atoms with Gasteiger partial charge in [-0.1, -0.05) is 18.2 Å². The number of para-hydroxylation sites is 1. The molecule has 20 heavy (non-hydrogen) atoms. The van der Waals surface area contributed by atoms with Gasteiger partial charge in [-0.15, -0.1) is 0 Å². The first kappa shape index (κ1) is 15.8. The Labute approximate surface area is 116 Å². The molecule has 0 aromatic heterocycles. The van der Waals surface area contributed by atoms with Crippen LogP contribution >= 0.6 is 0 Å². The monoisotopic (exact) mass is 281 g/mol. The molecule has 6 heteroatoms. The van der Waals surface area contributed by atoms with Gasteiger partial charge in [-0.2, -0.15) is 0 Å². The topological polar surface area (TPSA) is 56.2 Å². The fraction of sp³-hybridized carbons (Fsp3) is 0.286. The van der Waals surface area contributed by atoms with E-state index >= 15 is 0 Å². The summed E-state index contributed by atoms with van der Waals surface area (Å²) in [5, 5.41) is 9.86. The van der Waals surface area contributed by atoms with E-state index in [9.17, 15) is 13.6 Å². The van der Waals surface area contributed by atoms with Crippen molar-refractivity contribution in [1.82, 2.24) is 5.32 Å². The van der Waals surface area contributed by atoms with Gasteiger partial charge in [0, 0.05) is 26.0 Å². The van der Waals surface area contributed by atoms with E-state index in [1.165, 1.54) is 19.0 Å². The minimum absolute atomic E-state index is 0.353. The molecule has 0 unspecified atom stereocenters. The highest BCUT2D eigenvalue weighted by Gasteiger charge is 2.25. The quantitative estimate of drug-likeness (QED) is 0.643. The van der Waals surface area contributed by atoms with Gasteiger partial charge >= 0.3 is 0 Å². The summed E-state index contributed by atoms with van der Waals surface area (Å²) in [4.78, 5) is 13.5. The van der Waals surface area contributed by atoms with Crippen LogP contribution in [0.3, 0.4) is 0 Å². The first-order chi connectivity index (χ1) is 9.40. The van der Waals surface area contributed by atoms with Crippen molar-refractivity contribution in [2.75, 3.05) is 19.0 Å². The van der Waals surface area contributed by atoms with Crippen LogP contribution < -0.4 is 10.2 Å². The minimum atomic E-state index is -3.00. The first-order valence-corrected chi connectivity index (χ1v) is 5.98. The van der Waals surface area contributed by atoms with Gasteiger partial charge in [-0.25, -0.2) is 8.78 Å². The third-order valence-corrected chi connectivity index (χ3v) is 2.81. The van der Waals surface area contributed by atoms with Crippen LogP contribution in [0.25, 0.3) is 0 Å². The molecular formula is C14H17F2N3O. The van der Waals surface area contributed by atoms with Gasteiger partial charge in [0.15, 0.2) is 0 Å². The summed E-state index contributed by atoms with van der Waals surface area (Å²) < 4.78 is 25.3. The zero-order valence-corrected chi connectivity index (χ0v) is 11.6. The van der Waals surface area contributed by atoms with Crippen molar-refractivity contribution in [3.63, 3.8) is 0 Å². The molecule has 0 spiro atoms. The van der Waals surface area contributed by atoms with E-state index in [4.69, 9.17) is 5.41 Å². The zero-order valence-electron chi connectivity index (χ0n) is 11.6. The van der Waals surface area contributed by atoms with E-state index in [1.807, 2.05) is 19.1 Å². The number of halogens is 2. The number of anilines is 1. The number of aryl methyl sites for hydroxylation is 1. The van der Waals surface area contributed by atoms with E-state index in [0.29, 0.717) is 5.69 Å². The number of nitrogens with one attached hydrogen (secondary N) is 2. The van der Waals surface area contributed by atoms with Gasteiger partial charge in [0.1, 0.15) is 5.71 Å². The van der Waals surface area contributed by atoms with Crippen molar-refractivity contribution < 1.29 is 13.6 Å². The molecule has 0 aliphatic carbocycles. The number of carbonyl (C=O) groups excluding carboxylic acids is 1. The number of rotatable bonds is 5. The van der Waals surface area contributed by atoms with Gasteiger partial charge in [0.05, 0.1) is 5.57 Å². The number of alkyl halides is 2. The fourth-order valence-electron chi connectivity index (χ4n) is 1.75. The van der Waals surface area contributed by atoms with Crippen LogP contribution in [-0.2, 0) is 4.79 Å². The fourth-order valence-corrected chi connectivity index (χ4v) is 1.75. The third kappa shape index (κ3) is 3.40. The first-order valence-electron chi connectivity index (χ1n) is 5.98. The highest BCUT2D eigenvalue weighted by molar-refractivity contribution is 6.25. The summed E-state index contributed by atoms with van der Waals surface area (Å²) in [6.45, 7) is 1.82. The standard InChI is InChI=1S/C14H17F2N3O/c1-9-6-4-5-7-11(9)19(3)14(20)10(8-18-2)12(17)13(15)16/h4-8,13,17-18H,1-3H3/b10-8+,17-12?. The predicted molar refractivity (Wildman–Crippen MR) is 75.5 cm³/mol. The molecule has 2 N–H and O–H groups in total. The Hall–Kier alpha value is -2.24. The lowest BCUT2D eigenvalue weighted by Crippen LogP contribution is -2.33. The summed E-state index contributed by atoms with van der Waals surface area (Å²) in [7, 11) is 2.98. The maximum Gasteiger partial charge on any atom is 0.280 e. The van der Waals surface area contributed by atoms with Crippen LogP contribution in [0.5, 0.6) is 0 Å². The minimum Gasteiger partial charge on any atom is -0.393 e. The summed E-state index contributed by atoms with van der Waals surface area (Å²) in [5.41, 5.74) is 0.107. The second kappa shape index (κ2) is 6.79. The van der Waals surface area contributed by atoms with Crippen molar-refractivity contribution in [3.05, 3.63) is 41.6 Å². The molecule has 4 nitrogen and oxygen atoms in total. The van der Waals surface area contributed by atoms with Gasteiger partial charge in [0.2, 0.25) is 0 Å². The molecule has 0 atom stereocenters. The molecule has 0 bridgehead atoms. The molecule has 108 valence electrons. The van der Waals surface area contributed by atoms with E-state index < -0.39 is 18.0 Å². The summed E-state index contributed by atoms with van der Waals surface area (Å²) in [6, 6.07) is 7.12. The molecule has 0 aliphatic heterocycles. The lowest BCUT2D eigenvalue weighted by atomic mass is 10.1. The number of benzene rings is 1. The molecular weight excluding hydrogens is 264 g/mol. The molecule has 0 saturated heterocycles. The maximum absolute atomic E-state index is 12.6. The molecule has 1 aromatic carbocycles. The number of hydrogen-bond acceptors (Lipinski definition) is 3. The Morgan fingerprint density at radius 1 is 1.40 bits per heavy atom. The largest absolute Gasteiger partial charge is 0.393 e. The van der Waals surface area contributed by atoms with Crippen LogP contribution in [-0.4, -0.2) is 32.1 Å². The number of hydrogen-bond donors (Lipinski definition) is 2. The van der Waals surface area contributed by atoms with Gasteiger partial charge < -0.3 is 10.2 Å². The molecule has 0 fully saturated rings.